The zero-order valence-electron chi connectivity index (χ0n) is 12.4. The van der Waals surface area contributed by atoms with Crippen LogP contribution in [-0.2, 0) is 13.0 Å². The molecule has 0 unspecified atom stereocenters. The highest BCUT2D eigenvalue weighted by molar-refractivity contribution is 7.08. The number of amides is 1. The fraction of sp³-hybridized carbons (Fsp3) is 0.312. The Bertz CT molecular complexity index is 802. The lowest BCUT2D eigenvalue weighted by Gasteiger charge is -2.02. The summed E-state index contributed by atoms with van der Waals surface area (Å²) in [7, 11) is 0. The third-order valence-corrected chi connectivity index (χ3v) is 4.60. The molecule has 3 heterocycles. The van der Waals surface area contributed by atoms with Crippen LogP contribution in [0.3, 0.4) is 0 Å². The summed E-state index contributed by atoms with van der Waals surface area (Å²) in [5, 5.41) is 17.7. The maximum Gasteiger partial charge on any atom is 0.255 e. The number of hydrogen-bond donors (Lipinski definition) is 2. The molecule has 0 spiro atoms. The minimum atomic E-state index is -0.174. The van der Waals surface area contributed by atoms with E-state index in [4.69, 9.17) is 4.52 Å². The number of nitrogens with zero attached hydrogens (tertiary/aromatic N) is 2. The SMILES string of the molecule is O=C(NCc1cc(CC2CC2)on1)c1cn[nH]c1-c1ccsc1. The minimum Gasteiger partial charge on any atom is -0.361 e. The van der Waals surface area contributed by atoms with Crippen molar-refractivity contribution in [2.24, 2.45) is 5.92 Å². The number of nitrogens with one attached hydrogen (secondary N) is 2. The summed E-state index contributed by atoms with van der Waals surface area (Å²) in [5.41, 5.74) is 2.98. The Labute approximate surface area is 136 Å². The van der Waals surface area contributed by atoms with Crippen LogP contribution >= 0.6 is 11.3 Å². The van der Waals surface area contributed by atoms with Crippen molar-refractivity contribution in [3.05, 3.63) is 46.1 Å². The van der Waals surface area contributed by atoms with Crippen molar-refractivity contribution in [1.29, 1.82) is 0 Å². The second kappa shape index (κ2) is 6.00. The predicted octanol–water partition coefficient (Wildman–Crippen LogP) is 3.01. The van der Waals surface area contributed by atoms with Crippen LogP contribution in [0.4, 0.5) is 0 Å². The Morgan fingerprint density at radius 1 is 1.48 bits per heavy atom. The van der Waals surface area contributed by atoms with Crippen molar-refractivity contribution in [3.8, 4) is 11.3 Å². The number of carbonyl (C=O) groups is 1. The first-order valence-corrected chi connectivity index (χ1v) is 8.52. The lowest BCUT2D eigenvalue weighted by Crippen LogP contribution is -2.23. The third kappa shape index (κ3) is 3.19. The van der Waals surface area contributed by atoms with Gasteiger partial charge in [-0.2, -0.15) is 16.4 Å². The first-order valence-electron chi connectivity index (χ1n) is 7.58. The van der Waals surface area contributed by atoms with E-state index in [2.05, 4.69) is 20.7 Å². The van der Waals surface area contributed by atoms with Crippen LogP contribution in [0.5, 0.6) is 0 Å². The van der Waals surface area contributed by atoms with Gasteiger partial charge in [0.1, 0.15) is 11.5 Å². The number of thiophene rings is 1. The highest BCUT2D eigenvalue weighted by atomic mass is 32.1. The lowest BCUT2D eigenvalue weighted by atomic mass is 10.1. The van der Waals surface area contributed by atoms with E-state index >= 15 is 0 Å². The van der Waals surface area contributed by atoms with Gasteiger partial charge < -0.3 is 9.84 Å². The van der Waals surface area contributed by atoms with Crippen LogP contribution in [-0.4, -0.2) is 21.3 Å². The highest BCUT2D eigenvalue weighted by Crippen LogP contribution is 2.32. The molecule has 0 atom stereocenters. The van der Waals surface area contributed by atoms with Crippen molar-refractivity contribution in [2.45, 2.75) is 25.8 Å². The highest BCUT2D eigenvalue weighted by Gasteiger charge is 2.23. The van der Waals surface area contributed by atoms with Gasteiger partial charge in [-0.3, -0.25) is 9.89 Å². The van der Waals surface area contributed by atoms with E-state index in [0.717, 1.165) is 35.1 Å². The van der Waals surface area contributed by atoms with E-state index in [0.29, 0.717) is 12.1 Å². The number of rotatable bonds is 6. The Balaban J connectivity index is 1.40. The zero-order chi connectivity index (χ0) is 15.6. The van der Waals surface area contributed by atoms with Crippen molar-refractivity contribution >= 4 is 17.2 Å². The molecule has 7 heteroatoms. The topological polar surface area (TPSA) is 83.8 Å². The van der Waals surface area contributed by atoms with Gasteiger partial charge in [0.2, 0.25) is 0 Å². The van der Waals surface area contributed by atoms with Gasteiger partial charge in [-0.25, -0.2) is 0 Å². The number of hydrogen-bond acceptors (Lipinski definition) is 5. The predicted molar refractivity (Wildman–Crippen MR) is 86.0 cm³/mol. The van der Waals surface area contributed by atoms with Crippen molar-refractivity contribution in [2.75, 3.05) is 0 Å². The molecule has 3 aromatic heterocycles. The number of aromatic nitrogens is 3. The number of aromatic amines is 1. The van der Waals surface area contributed by atoms with Gasteiger partial charge in [-0.1, -0.05) is 5.16 Å². The molecule has 1 saturated carbocycles. The molecule has 1 amide bonds. The molecule has 3 aromatic rings. The first kappa shape index (κ1) is 14.2. The van der Waals surface area contributed by atoms with Crippen LogP contribution in [0.2, 0.25) is 0 Å². The summed E-state index contributed by atoms with van der Waals surface area (Å²) >= 11 is 1.58. The molecule has 0 saturated heterocycles. The van der Waals surface area contributed by atoms with E-state index in [1.54, 1.807) is 17.5 Å². The van der Waals surface area contributed by atoms with E-state index in [1.165, 1.54) is 12.8 Å². The lowest BCUT2D eigenvalue weighted by molar-refractivity contribution is 0.0951. The average Bonchev–Trinajstić information content (AvgIpc) is 3.03. The largest absolute Gasteiger partial charge is 0.361 e. The van der Waals surface area contributed by atoms with Gasteiger partial charge in [-0.15, -0.1) is 0 Å². The molecular weight excluding hydrogens is 312 g/mol. The Hall–Kier alpha value is -2.41. The van der Waals surface area contributed by atoms with E-state index in [-0.39, 0.29) is 5.91 Å². The standard InChI is InChI=1S/C16H16N4O2S/c21-16(14-8-18-19-15(14)11-3-4-23-9-11)17-7-12-6-13(22-20-12)5-10-1-2-10/h3-4,6,8-10H,1-2,5,7H2,(H,17,21)(H,18,19). The minimum absolute atomic E-state index is 0.174. The first-order chi connectivity index (χ1) is 11.3. The molecule has 1 aliphatic carbocycles. The van der Waals surface area contributed by atoms with E-state index in [9.17, 15) is 4.79 Å². The molecule has 118 valence electrons. The fourth-order valence-corrected chi connectivity index (χ4v) is 3.14. The van der Waals surface area contributed by atoms with Crippen LogP contribution in [0, 0.1) is 5.92 Å². The van der Waals surface area contributed by atoms with Crippen molar-refractivity contribution in [3.63, 3.8) is 0 Å². The summed E-state index contributed by atoms with van der Waals surface area (Å²) < 4.78 is 5.30. The van der Waals surface area contributed by atoms with Crippen molar-refractivity contribution in [1.82, 2.24) is 20.7 Å². The summed E-state index contributed by atoms with van der Waals surface area (Å²) in [5.74, 6) is 1.48. The molecule has 6 nitrogen and oxygen atoms in total. The van der Waals surface area contributed by atoms with Crippen LogP contribution in [0.15, 0.2) is 33.6 Å². The third-order valence-electron chi connectivity index (χ3n) is 3.92. The molecule has 0 aliphatic heterocycles. The smallest absolute Gasteiger partial charge is 0.255 e. The van der Waals surface area contributed by atoms with Gasteiger partial charge in [0.05, 0.1) is 24.0 Å². The Morgan fingerprint density at radius 3 is 3.17 bits per heavy atom. The van der Waals surface area contributed by atoms with Crippen LogP contribution in [0.1, 0.15) is 34.7 Å². The summed E-state index contributed by atoms with van der Waals surface area (Å²) in [6.45, 7) is 0.348. The zero-order valence-corrected chi connectivity index (χ0v) is 13.2. The normalized spacial score (nSPS) is 14.1. The van der Waals surface area contributed by atoms with Gasteiger partial charge in [0.25, 0.3) is 5.91 Å². The average molecular weight is 328 g/mol. The summed E-state index contributed by atoms with van der Waals surface area (Å²) in [4.78, 5) is 12.4. The van der Waals surface area contributed by atoms with Gasteiger partial charge in [0, 0.05) is 23.4 Å². The molecule has 0 radical (unpaired) electrons. The van der Waals surface area contributed by atoms with Gasteiger partial charge in [-0.05, 0) is 30.2 Å². The molecule has 4 rings (SSSR count). The van der Waals surface area contributed by atoms with Crippen LogP contribution < -0.4 is 5.32 Å². The molecule has 1 aliphatic rings. The molecule has 1 fully saturated rings. The Kier molecular flexibility index (Phi) is 3.70. The van der Waals surface area contributed by atoms with Gasteiger partial charge in [0.15, 0.2) is 0 Å². The van der Waals surface area contributed by atoms with E-state index < -0.39 is 0 Å². The summed E-state index contributed by atoms with van der Waals surface area (Å²) in [6.07, 6.45) is 5.05. The fourth-order valence-electron chi connectivity index (χ4n) is 2.49. The molecule has 0 aromatic carbocycles. The molecule has 23 heavy (non-hydrogen) atoms. The maximum atomic E-state index is 12.4. The molecular formula is C16H16N4O2S. The number of H-pyrrole nitrogens is 1. The monoisotopic (exact) mass is 328 g/mol. The van der Waals surface area contributed by atoms with E-state index in [1.807, 2.05) is 22.9 Å². The van der Waals surface area contributed by atoms with Gasteiger partial charge >= 0.3 is 0 Å². The second-order valence-corrected chi connectivity index (χ2v) is 6.57. The quantitative estimate of drug-likeness (QED) is 0.728. The maximum absolute atomic E-state index is 12.4. The number of carbonyl (C=O) groups excluding carboxylic acids is 1. The Morgan fingerprint density at radius 2 is 2.39 bits per heavy atom. The molecule has 0 bridgehead atoms. The van der Waals surface area contributed by atoms with Crippen LogP contribution in [0.25, 0.3) is 11.3 Å². The summed E-state index contributed by atoms with van der Waals surface area (Å²) in [6, 6.07) is 3.88. The second-order valence-electron chi connectivity index (χ2n) is 5.79. The van der Waals surface area contributed by atoms with Crippen molar-refractivity contribution < 1.29 is 9.32 Å². The molecule has 2 N–H and O–H groups in total.